The first-order valence-corrected chi connectivity index (χ1v) is 17.5. The van der Waals surface area contributed by atoms with Gasteiger partial charge in [0.15, 0.2) is 23.1 Å². The van der Waals surface area contributed by atoms with Gasteiger partial charge in [0.05, 0.1) is 5.56 Å². The van der Waals surface area contributed by atoms with Gasteiger partial charge in [0.1, 0.15) is 11.7 Å². The lowest BCUT2D eigenvalue weighted by Crippen LogP contribution is -2.48. The zero-order valence-electron chi connectivity index (χ0n) is 27.1. The number of rotatable bonds is 5. The van der Waals surface area contributed by atoms with Gasteiger partial charge in [-0.15, -0.1) is 0 Å². The van der Waals surface area contributed by atoms with Crippen molar-refractivity contribution in [3.05, 3.63) is 126 Å². The summed E-state index contributed by atoms with van der Waals surface area (Å²) < 4.78 is 6.13. The predicted octanol–water partition coefficient (Wildman–Crippen LogP) is 10.8. The van der Waals surface area contributed by atoms with Crippen molar-refractivity contribution in [1.82, 2.24) is 15.0 Å². The van der Waals surface area contributed by atoms with Crippen molar-refractivity contribution < 1.29 is 4.42 Å². The van der Waals surface area contributed by atoms with Gasteiger partial charge in [0.2, 0.25) is 0 Å². The zero-order chi connectivity index (χ0) is 32.5. The Morgan fingerprint density at radius 3 is 1.84 bits per heavy atom. The molecule has 0 saturated heterocycles. The molecule has 0 N–H and O–H groups in total. The van der Waals surface area contributed by atoms with Crippen LogP contribution in [-0.2, 0) is 5.41 Å². The molecule has 0 amide bonds. The number of nitriles is 1. The molecular weight excluding hydrogens is 601 g/mol. The van der Waals surface area contributed by atoms with Crippen LogP contribution in [0.2, 0.25) is 0 Å². The third-order valence-electron chi connectivity index (χ3n) is 11.5. The summed E-state index contributed by atoms with van der Waals surface area (Å²) in [5.74, 6) is 4.60. The van der Waals surface area contributed by atoms with Gasteiger partial charge in [-0.2, -0.15) is 5.26 Å². The number of furan rings is 1. The smallest absolute Gasteiger partial charge is 0.164 e. The van der Waals surface area contributed by atoms with Crippen molar-refractivity contribution >= 4 is 21.9 Å². The Kier molecular flexibility index (Phi) is 6.36. The maximum Gasteiger partial charge on any atom is 0.164 e. The van der Waals surface area contributed by atoms with Crippen LogP contribution in [0.1, 0.15) is 49.7 Å². The van der Waals surface area contributed by atoms with Crippen molar-refractivity contribution in [3.8, 4) is 51.4 Å². The number of benzene rings is 5. The van der Waals surface area contributed by atoms with E-state index in [1.54, 1.807) is 6.07 Å². The maximum absolute atomic E-state index is 9.67. The van der Waals surface area contributed by atoms with E-state index in [1.165, 1.54) is 44.1 Å². The molecule has 0 spiro atoms. The Morgan fingerprint density at radius 1 is 0.551 bits per heavy atom. The van der Waals surface area contributed by atoms with Crippen LogP contribution in [0.3, 0.4) is 0 Å². The van der Waals surface area contributed by atoms with Crippen molar-refractivity contribution in [3.63, 3.8) is 0 Å². The average Bonchev–Trinajstić information content (AvgIpc) is 3.53. The van der Waals surface area contributed by atoms with Crippen molar-refractivity contribution in [2.24, 2.45) is 17.8 Å². The van der Waals surface area contributed by atoms with Gasteiger partial charge in [0, 0.05) is 27.5 Å². The second kappa shape index (κ2) is 11.0. The number of para-hydroxylation sites is 1. The molecule has 2 heterocycles. The fourth-order valence-electron chi connectivity index (χ4n) is 9.69. The molecule has 5 nitrogen and oxygen atoms in total. The second-order valence-corrected chi connectivity index (χ2v) is 14.6. The maximum atomic E-state index is 9.67. The SMILES string of the molecule is N#Cc1cccc2c1oc1ccc(-c3nc(-c4ccc(C56C[C@H]7C[C@H](C5)C[C@@H](C6)C7)cc4)nc(-c4cccc(-c5ccccc5)c4)n3)cc12. The molecule has 4 saturated carbocycles. The molecule has 5 heteroatoms. The molecule has 7 aromatic rings. The quantitative estimate of drug-likeness (QED) is 0.188. The molecule has 49 heavy (non-hydrogen) atoms. The minimum absolute atomic E-state index is 0.342. The first-order valence-electron chi connectivity index (χ1n) is 17.5. The highest BCUT2D eigenvalue weighted by Crippen LogP contribution is 2.60. The predicted molar refractivity (Wildman–Crippen MR) is 193 cm³/mol. The van der Waals surface area contributed by atoms with Crippen LogP contribution in [0, 0.1) is 29.1 Å². The van der Waals surface area contributed by atoms with Crippen molar-refractivity contribution in [2.45, 2.75) is 43.9 Å². The summed E-state index contributed by atoms with van der Waals surface area (Å²) in [7, 11) is 0. The Balaban J connectivity index is 1.10. The van der Waals surface area contributed by atoms with E-state index < -0.39 is 0 Å². The first kappa shape index (κ1) is 28.4. The van der Waals surface area contributed by atoms with E-state index in [0.29, 0.717) is 34.0 Å². The van der Waals surface area contributed by atoms with Gasteiger partial charge in [-0.3, -0.25) is 0 Å². The Bertz CT molecular complexity index is 2400. The van der Waals surface area contributed by atoms with E-state index in [2.05, 4.69) is 84.9 Å². The topological polar surface area (TPSA) is 75.6 Å². The van der Waals surface area contributed by atoms with E-state index in [4.69, 9.17) is 19.4 Å². The normalized spacial score (nSPS) is 22.5. The largest absolute Gasteiger partial charge is 0.455 e. The third kappa shape index (κ3) is 4.77. The summed E-state index contributed by atoms with van der Waals surface area (Å²) in [5, 5.41) is 11.5. The molecule has 4 bridgehead atoms. The van der Waals surface area contributed by atoms with Gasteiger partial charge in [0.25, 0.3) is 0 Å². The van der Waals surface area contributed by atoms with Crippen LogP contribution in [-0.4, -0.2) is 15.0 Å². The Hall–Kier alpha value is -5.60. The minimum Gasteiger partial charge on any atom is -0.455 e. The van der Waals surface area contributed by atoms with Crippen LogP contribution >= 0.6 is 0 Å². The second-order valence-electron chi connectivity index (χ2n) is 14.6. The molecule has 0 atom stereocenters. The zero-order valence-corrected chi connectivity index (χ0v) is 27.1. The highest BCUT2D eigenvalue weighted by atomic mass is 16.3. The first-order chi connectivity index (χ1) is 24.1. The highest BCUT2D eigenvalue weighted by Gasteiger charge is 2.51. The monoisotopic (exact) mass is 634 g/mol. The highest BCUT2D eigenvalue weighted by molar-refractivity contribution is 6.07. The number of aromatic nitrogens is 3. The van der Waals surface area contributed by atoms with Gasteiger partial charge >= 0.3 is 0 Å². The average molecular weight is 635 g/mol. The Labute approximate surface area is 285 Å². The molecule has 4 fully saturated rings. The molecule has 0 aliphatic heterocycles. The molecule has 5 aromatic carbocycles. The van der Waals surface area contributed by atoms with E-state index in [0.717, 1.165) is 61.9 Å². The van der Waals surface area contributed by atoms with Crippen LogP contribution < -0.4 is 0 Å². The van der Waals surface area contributed by atoms with Crippen LogP contribution in [0.5, 0.6) is 0 Å². The van der Waals surface area contributed by atoms with Crippen LogP contribution in [0.4, 0.5) is 0 Å². The van der Waals surface area contributed by atoms with Crippen molar-refractivity contribution in [2.75, 3.05) is 0 Å². The van der Waals surface area contributed by atoms with Crippen LogP contribution in [0.15, 0.2) is 120 Å². The van der Waals surface area contributed by atoms with E-state index in [1.807, 2.05) is 30.3 Å². The summed E-state index contributed by atoms with van der Waals surface area (Å²) in [6, 6.07) is 41.9. The number of hydrogen-bond donors (Lipinski definition) is 0. The lowest BCUT2D eigenvalue weighted by atomic mass is 9.48. The fraction of sp³-hybridized carbons (Fsp3) is 0.227. The molecule has 0 radical (unpaired) electrons. The van der Waals surface area contributed by atoms with Crippen LogP contribution in [0.25, 0.3) is 67.2 Å². The van der Waals surface area contributed by atoms with Crippen molar-refractivity contribution in [1.29, 1.82) is 5.26 Å². The van der Waals surface area contributed by atoms with E-state index in [-0.39, 0.29) is 0 Å². The molecule has 2 aromatic heterocycles. The molecular formula is C44H34N4O. The number of hydrogen-bond acceptors (Lipinski definition) is 5. The summed E-state index contributed by atoms with van der Waals surface area (Å²) in [5.41, 5.74) is 8.74. The summed E-state index contributed by atoms with van der Waals surface area (Å²) in [6.07, 6.45) is 8.36. The van der Waals surface area contributed by atoms with Gasteiger partial charge in [-0.05, 0) is 109 Å². The summed E-state index contributed by atoms with van der Waals surface area (Å²) in [4.78, 5) is 15.3. The van der Waals surface area contributed by atoms with Gasteiger partial charge < -0.3 is 4.42 Å². The minimum atomic E-state index is 0.342. The Morgan fingerprint density at radius 2 is 1.14 bits per heavy atom. The van der Waals surface area contributed by atoms with E-state index >= 15 is 0 Å². The van der Waals surface area contributed by atoms with Gasteiger partial charge in [-0.25, -0.2) is 15.0 Å². The van der Waals surface area contributed by atoms with Gasteiger partial charge in [-0.1, -0.05) is 84.9 Å². The molecule has 4 aliphatic rings. The summed E-state index contributed by atoms with van der Waals surface area (Å²) in [6.45, 7) is 0. The molecule has 11 rings (SSSR count). The summed E-state index contributed by atoms with van der Waals surface area (Å²) >= 11 is 0. The standard InChI is InChI=1S/C44H34N4O/c45-26-35-10-5-11-37-38-22-34(14-17-39(38)49-40(35)37)43-47-41(46-42(48-43)33-9-4-8-32(21-33)30-6-2-1-3-7-30)31-12-15-36(16-13-31)44-23-27-18-28(24-44)20-29(19-27)25-44/h1-17,21-22,27-29H,18-20,23-25H2/t27-,28-,29-,44?. The molecule has 0 unspecified atom stereocenters. The fourth-order valence-corrected chi connectivity index (χ4v) is 9.69. The molecule has 4 aliphatic carbocycles. The number of fused-ring (bicyclic) bond motifs is 3. The van der Waals surface area contributed by atoms with E-state index in [9.17, 15) is 5.26 Å². The molecule has 236 valence electrons. The third-order valence-corrected chi connectivity index (χ3v) is 11.5. The lowest BCUT2D eigenvalue weighted by molar-refractivity contribution is -0.00518. The number of nitrogens with zero attached hydrogens (tertiary/aromatic N) is 4. The lowest BCUT2D eigenvalue weighted by Gasteiger charge is -2.57.